The lowest BCUT2D eigenvalue weighted by atomic mass is 9.96. The van der Waals surface area contributed by atoms with Gasteiger partial charge in [-0.3, -0.25) is 0 Å². The number of hydrogen-bond donors (Lipinski definition) is 2. The highest BCUT2D eigenvalue weighted by Gasteiger charge is 2.25. The topological polar surface area (TPSA) is 67.4 Å². The fraction of sp³-hybridized carbons (Fsp3) is 1.00. The summed E-state index contributed by atoms with van der Waals surface area (Å²) in [6.07, 6.45) is 1.08. The van der Waals surface area contributed by atoms with E-state index in [0.29, 0.717) is 12.5 Å². The minimum atomic E-state index is -3.22. The number of rotatable bonds is 6. The molecule has 5 nitrogen and oxygen atoms in total. The molecule has 2 atom stereocenters. The Morgan fingerprint density at radius 1 is 1.44 bits per heavy atom. The average molecular weight is 301 g/mol. The molecule has 0 aromatic rings. The Kier molecular flexibility index (Phi) is 8.38. The summed E-state index contributed by atoms with van der Waals surface area (Å²) >= 11 is 0. The number of sulfonamides is 1. The standard InChI is InChI=1S/C11H24N2O3S.ClH/c1-9(2)16-6-7-17(14,15)13-11-8-12-5-4-10(11)3;/h9-13H,4-8H2,1-3H3;1H. The van der Waals surface area contributed by atoms with Gasteiger partial charge in [-0.25, -0.2) is 13.1 Å². The Morgan fingerprint density at radius 2 is 2.11 bits per heavy atom. The zero-order valence-corrected chi connectivity index (χ0v) is 12.9. The summed E-state index contributed by atoms with van der Waals surface area (Å²) in [5.74, 6) is 0.422. The van der Waals surface area contributed by atoms with Crippen molar-refractivity contribution < 1.29 is 13.2 Å². The van der Waals surface area contributed by atoms with Crippen molar-refractivity contribution in [2.24, 2.45) is 5.92 Å². The fourth-order valence-electron chi connectivity index (χ4n) is 1.83. The third-order valence-electron chi connectivity index (χ3n) is 2.96. The van der Waals surface area contributed by atoms with E-state index in [2.05, 4.69) is 17.0 Å². The molecule has 110 valence electrons. The molecule has 18 heavy (non-hydrogen) atoms. The first-order chi connectivity index (χ1) is 7.91. The molecule has 0 saturated carbocycles. The first kappa shape index (κ1) is 18.1. The molecule has 0 spiro atoms. The quantitative estimate of drug-likeness (QED) is 0.760. The van der Waals surface area contributed by atoms with E-state index < -0.39 is 10.0 Å². The maximum absolute atomic E-state index is 11.8. The molecular formula is C11H25ClN2O3S. The monoisotopic (exact) mass is 300 g/mol. The molecule has 1 saturated heterocycles. The van der Waals surface area contributed by atoms with Crippen LogP contribution in [0.15, 0.2) is 0 Å². The molecule has 0 aromatic carbocycles. The summed E-state index contributed by atoms with van der Waals surface area (Å²) in [6, 6.07) is 0.00722. The second-order valence-electron chi connectivity index (χ2n) is 4.93. The average Bonchev–Trinajstić information content (AvgIpc) is 2.20. The number of nitrogens with one attached hydrogen (secondary N) is 2. The van der Waals surface area contributed by atoms with Gasteiger partial charge in [-0.1, -0.05) is 6.92 Å². The van der Waals surface area contributed by atoms with E-state index in [1.165, 1.54) is 0 Å². The predicted molar refractivity (Wildman–Crippen MR) is 75.7 cm³/mol. The Bertz CT molecular complexity index is 322. The lowest BCUT2D eigenvalue weighted by Gasteiger charge is -2.30. The van der Waals surface area contributed by atoms with Crippen molar-refractivity contribution in [2.45, 2.75) is 39.3 Å². The van der Waals surface area contributed by atoms with Crippen molar-refractivity contribution in [3.63, 3.8) is 0 Å². The van der Waals surface area contributed by atoms with Gasteiger partial charge in [0.25, 0.3) is 0 Å². The van der Waals surface area contributed by atoms with Gasteiger partial charge in [0.1, 0.15) is 0 Å². The second kappa shape index (κ2) is 8.32. The number of piperidine rings is 1. The van der Waals surface area contributed by atoms with Gasteiger partial charge in [-0.15, -0.1) is 12.4 Å². The highest BCUT2D eigenvalue weighted by molar-refractivity contribution is 7.89. The van der Waals surface area contributed by atoms with E-state index in [0.717, 1.165) is 13.0 Å². The molecule has 1 rings (SSSR count). The predicted octanol–water partition coefficient (Wildman–Crippen LogP) is 0.751. The van der Waals surface area contributed by atoms with Crippen LogP contribution < -0.4 is 10.0 Å². The van der Waals surface area contributed by atoms with Gasteiger partial charge in [0.2, 0.25) is 10.0 Å². The van der Waals surface area contributed by atoms with E-state index in [9.17, 15) is 8.42 Å². The van der Waals surface area contributed by atoms with Crippen LogP contribution in [0.3, 0.4) is 0 Å². The summed E-state index contributed by atoms with van der Waals surface area (Å²) in [7, 11) is -3.22. The maximum Gasteiger partial charge on any atom is 0.214 e. The van der Waals surface area contributed by atoms with Gasteiger partial charge < -0.3 is 10.1 Å². The summed E-state index contributed by atoms with van der Waals surface area (Å²) in [5, 5.41) is 3.20. The Hall–Kier alpha value is 0.120. The molecule has 2 N–H and O–H groups in total. The second-order valence-corrected chi connectivity index (χ2v) is 6.81. The van der Waals surface area contributed by atoms with Crippen molar-refractivity contribution >= 4 is 22.4 Å². The van der Waals surface area contributed by atoms with E-state index in [1.54, 1.807) is 0 Å². The van der Waals surface area contributed by atoms with Crippen molar-refractivity contribution in [1.82, 2.24) is 10.0 Å². The largest absolute Gasteiger partial charge is 0.378 e. The third kappa shape index (κ3) is 6.89. The summed E-state index contributed by atoms with van der Waals surface area (Å²) < 4.78 is 31.6. The van der Waals surface area contributed by atoms with Gasteiger partial charge in [-0.2, -0.15) is 0 Å². The molecule has 1 aliphatic rings. The van der Waals surface area contributed by atoms with E-state index >= 15 is 0 Å². The molecule has 0 radical (unpaired) electrons. The van der Waals surface area contributed by atoms with E-state index in [1.807, 2.05) is 13.8 Å². The summed E-state index contributed by atoms with van der Waals surface area (Å²) in [6.45, 7) is 7.81. The molecule has 0 aromatic heterocycles. The van der Waals surface area contributed by atoms with E-state index in [-0.39, 0.29) is 36.9 Å². The van der Waals surface area contributed by atoms with Crippen molar-refractivity contribution in [3.8, 4) is 0 Å². The highest BCUT2D eigenvalue weighted by atomic mass is 35.5. The van der Waals surface area contributed by atoms with Crippen LogP contribution >= 0.6 is 12.4 Å². The highest BCUT2D eigenvalue weighted by Crippen LogP contribution is 2.12. The van der Waals surface area contributed by atoms with E-state index in [4.69, 9.17) is 4.74 Å². The zero-order valence-electron chi connectivity index (χ0n) is 11.3. The molecule has 0 amide bonds. The first-order valence-electron chi connectivity index (χ1n) is 6.23. The molecule has 1 aliphatic heterocycles. The molecule has 0 aliphatic carbocycles. The lowest BCUT2D eigenvalue weighted by Crippen LogP contribution is -2.50. The van der Waals surface area contributed by atoms with Crippen LogP contribution in [0.1, 0.15) is 27.2 Å². The number of hydrogen-bond acceptors (Lipinski definition) is 4. The molecular weight excluding hydrogens is 276 g/mol. The van der Waals surface area contributed by atoms with Crippen molar-refractivity contribution in [3.05, 3.63) is 0 Å². The molecule has 7 heteroatoms. The van der Waals surface area contributed by atoms with Crippen molar-refractivity contribution in [1.29, 1.82) is 0 Å². The molecule has 0 bridgehead atoms. The minimum Gasteiger partial charge on any atom is -0.378 e. The first-order valence-corrected chi connectivity index (χ1v) is 7.88. The minimum absolute atomic E-state index is 0. The molecule has 1 heterocycles. The Morgan fingerprint density at radius 3 is 2.67 bits per heavy atom. The van der Waals surface area contributed by atoms with Crippen molar-refractivity contribution in [2.75, 3.05) is 25.4 Å². The SMILES string of the molecule is CC(C)OCCS(=O)(=O)NC1CNCCC1C.Cl. The van der Waals surface area contributed by atoms with Crippen LogP contribution in [0, 0.1) is 5.92 Å². The maximum atomic E-state index is 11.8. The molecule has 1 fully saturated rings. The van der Waals surface area contributed by atoms with Gasteiger partial charge in [0.15, 0.2) is 0 Å². The lowest BCUT2D eigenvalue weighted by molar-refractivity contribution is 0.0910. The summed E-state index contributed by atoms with van der Waals surface area (Å²) in [5.41, 5.74) is 0. The fourth-order valence-corrected chi connectivity index (χ4v) is 3.04. The van der Waals surface area contributed by atoms with Crippen LogP contribution in [0.4, 0.5) is 0 Å². The van der Waals surface area contributed by atoms with Gasteiger partial charge in [0.05, 0.1) is 18.5 Å². The van der Waals surface area contributed by atoms with Crippen LogP contribution in [-0.2, 0) is 14.8 Å². The van der Waals surface area contributed by atoms with Gasteiger partial charge in [0, 0.05) is 12.6 Å². The van der Waals surface area contributed by atoms with Crippen LogP contribution in [0.25, 0.3) is 0 Å². The van der Waals surface area contributed by atoms with Crippen LogP contribution in [-0.4, -0.2) is 46.0 Å². The van der Waals surface area contributed by atoms with Gasteiger partial charge >= 0.3 is 0 Å². The Labute approximate surface area is 117 Å². The Balaban J connectivity index is 0.00000289. The molecule has 2 unspecified atom stereocenters. The number of halogens is 1. The smallest absolute Gasteiger partial charge is 0.214 e. The van der Waals surface area contributed by atoms with Crippen LogP contribution in [0.2, 0.25) is 0 Å². The third-order valence-corrected chi connectivity index (χ3v) is 4.33. The van der Waals surface area contributed by atoms with Gasteiger partial charge in [-0.05, 0) is 32.7 Å². The number of ether oxygens (including phenoxy) is 1. The normalized spacial score (nSPS) is 24.9. The van der Waals surface area contributed by atoms with Crippen LogP contribution in [0.5, 0.6) is 0 Å². The summed E-state index contributed by atoms with van der Waals surface area (Å²) in [4.78, 5) is 0. The zero-order chi connectivity index (χ0) is 12.9.